The van der Waals surface area contributed by atoms with Crippen molar-refractivity contribution in [1.29, 1.82) is 0 Å². The highest BCUT2D eigenvalue weighted by Gasteiger charge is 2.25. The summed E-state index contributed by atoms with van der Waals surface area (Å²) in [5, 5.41) is 14.4. The lowest BCUT2D eigenvalue weighted by atomic mass is 9.86. The van der Waals surface area contributed by atoms with E-state index in [1.54, 1.807) is 14.2 Å². The number of carbonyl (C=O) groups excluding carboxylic acids is 1. The first-order valence-electron chi connectivity index (χ1n) is 11.7. The number of thiazole rings is 1. The normalized spacial score (nSPS) is 12.8. The molecule has 3 aromatic rings. The van der Waals surface area contributed by atoms with Gasteiger partial charge in [0, 0.05) is 40.3 Å². The van der Waals surface area contributed by atoms with E-state index in [1.807, 2.05) is 23.6 Å². The molecule has 3 rings (SSSR count). The fourth-order valence-electron chi connectivity index (χ4n) is 3.87. The minimum Gasteiger partial charge on any atom is -0.496 e. The monoisotopic (exact) mass is 576 g/mol. The molecule has 202 valence electrons. The number of hydrogen-bond acceptors (Lipinski definition) is 6. The second-order valence-electron chi connectivity index (χ2n) is 9.90. The largest absolute Gasteiger partial charge is 0.496 e. The lowest BCUT2D eigenvalue weighted by Crippen LogP contribution is -2.14. The average molecular weight is 578 g/mol. The fraction of sp³-hybridized carbons (Fsp3) is 0.321. The van der Waals surface area contributed by atoms with Crippen molar-refractivity contribution in [3.63, 3.8) is 0 Å². The Morgan fingerprint density at radius 1 is 1.18 bits per heavy atom. The molecule has 0 saturated heterocycles. The maximum Gasteiger partial charge on any atom is 0.331 e. The molecule has 0 bridgehead atoms. The Labute approximate surface area is 236 Å². The van der Waals surface area contributed by atoms with Crippen LogP contribution in [0.15, 0.2) is 41.3 Å². The van der Waals surface area contributed by atoms with Crippen LogP contribution >= 0.6 is 34.5 Å². The van der Waals surface area contributed by atoms with Gasteiger partial charge < -0.3 is 14.6 Å². The average Bonchev–Trinajstić information content (AvgIpc) is 3.31. The Balaban J connectivity index is 1.87. The SMILES string of the molecule is COc1c(-c2csc(NC(=O)c3cc(Cl)c(C=C(C)C(=O)O)c(Cl)c3)n2)cccc1C(CC(C)(C)C)OC. The molecule has 2 N–H and O–H groups in total. The summed E-state index contributed by atoms with van der Waals surface area (Å²) < 4.78 is 11.6. The van der Waals surface area contributed by atoms with Gasteiger partial charge in [0.2, 0.25) is 0 Å². The van der Waals surface area contributed by atoms with Crippen molar-refractivity contribution in [2.45, 2.75) is 40.2 Å². The molecule has 2 aromatic carbocycles. The third-order valence-corrected chi connectivity index (χ3v) is 7.10. The summed E-state index contributed by atoms with van der Waals surface area (Å²) in [7, 11) is 3.30. The first-order chi connectivity index (χ1) is 17.8. The summed E-state index contributed by atoms with van der Waals surface area (Å²) in [6.45, 7) is 7.91. The zero-order chi connectivity index (χ0) is 28.2. The van der Waals surface area contributed by atoms with Crippen molar-refractivity contribution >= 4 is 57.6 Å². The van der Waals surface area contributed by atoms with Crippen molar-refractivity contribution in [2.75, 3.05) is 19.5 Å². The minimum atomic E-state index is -1.09. The maximum absolute atomic E-state index is 12.9. The number of halogens is 2. The van der Waals surface area contributed by atoms with Crippen molar-refractivity contribution < 1.29 is 24.2 Å². The molecule has 1 amide bonds. The van der Waals surface area contributed by atoms with Crippen LogP contribution in [0.25, 0.3) is 17.3 Å². The lowest BCUT2D eigenvalue weighted by Gasteiger charge is -2.27. The van der Waals surface area contributed by atoms with Gasteiger partial charge in [-0.25, -0.2) is 9.78 Å². The van der Waals surface area contributed by atoms with E-state index < -0.39 is 11.9 Å². The highest BCUT2D eigenvalue weighted by molar-refractivity contribution is 7.14. The summed E-state index contributed by atoms with van der Waals surface area (Å²) in [6, 6.07) is 8.71. The number of nitrogens with zero attached hydrogens (tertiary/aromatic N) is 1. The molecular weight excluding hydrogens is 547 g/mol. The van der Waals surface area contributed by atoms with Gasteiger partial charge in [0.25, 0.3) is 5.91 Å². The van der Waals surface area contributed by atoms with Crippen molar-refractivity contribution in [3.8, 4) is 17.0 Å². The van der Waals surface area contributed by atoms with Crippen LogP contribution in [0.5, 0.6) is 5.75 Å². The number of para-hydroxylation sites is 1. The van der Waals surface area contributed by atoms with E-state index in [-0.39, 0.29) is 32.7 Å². The molecule has 0 fully saturated rings. The molecule has 0 aliphatic rings. The van der Waals surface area contributed by atoms with E-state index in [9.17, 15) is 9.59 Å². The topological polar surface area (TPSA) is 97.8 Å². The summed E-state index contributed by atoms with van der Waals surface area (Å²) >= 11 is 13.9. The van der Waals surface area contributed by atoms with E-state index in [0.717, 1.165) is 17.5 Å². The molecule has 38 heavy (non-hydrogen) atoms. The van der Waals surface area contributed by atoms with Gasteiger partial charge >= 0.3 is 5.97 Å². The summed E-state index contributed by atoms with van der Waals surface area (Å²) in [4.78, 5) is 28.7. The van der Waals surface area contributed by atoms with Crippen LogP contribution in [0.3, 0.4) is 0 Å². The van der Waals surface area contributed by atoms with Crippen LogP contribution in [-0.2, 0) is 9.53 Å². The molecule has 0 aliphatic carbocycles. The number of benzene rings is 2. The van der Waals surface area contributed by atoms with Crippen LogP contribution in [0.1, 0.15) is 61.7 Å². The van der Waals surface area contributed by atoms with Crippen LogP contribution in [0, 0.1) is 5.41 Å². The molecule has 1 heterocycles. The van der Waals surface area contributed by atoms with Gasteiger partial charge in [-0.2, -0.15) is 0 Å². The zero-order valence-electron chi connectivity index (χ0n) is 22.0. The first-order valence-corrected chi connectivity index (χ1v) is 13.4. The number of methoxy groups -OCH3 is 2. The third kappa shape index (κ3) is 7.14. The van der Waals surface area contributed by atoms with E-state index in [1.165, 1.54) is 36.5 Å². The van der Waals surface area contributed by atoms with Crippen LogP contribution in [-0.4, -0.2) is 36.2 Å². The predicted molar refractivity (Wildman–Crippen MR) is 154 cm³/mol. The Morgan fingerprint density at radius 3 is 2.39 bits per heavy atom. The molecule has 10 heteroatoms. The summed E-state index contributed by atoms with van der Waals surface area (Å²) in [5.74, 6) is -0.871. The van der Waals surface area contributed by atoms with Gasteiger partial charge in [0.1, 0.15) is 5.75 Å². The summed E-state index contributed by atoms with van der Waals surface area (Å²) in [5.41, 5.74) is 3.02. The minimum absolute atomic E-state index is 0.0507. The molecule has 0 radical (unpaired) electrons. The smallest absolute Gasteiger partial charge is 0.331 e. The lowest BCUT2D eigenvalue weighted by molar-refractivity contribution is -0.132. The number of anilines is 1. The van der Waals surface area contributed by atoms with Gasteiger partial charge in [-0.15, -0.1) is 11.3 Å². The van der Waals surface area contributed by atoms with E-state index in [4.69, 9.17) is 37.8 Å². The molecular formula is C28H30Cl2N2O5S. The van der Waals surface area contributed by atoms with Gasteiger partial charge in [0.05, 0.1) is 29.0 Å². The van der Waals surface area contributed by atoms with Gasteiger partial charge in [-0.1, -0.05) is 56.1 Å². The quantitative estimate of drug-likeness (QED) is 0.250. The van der Waals surface area contributed by atoms with Crippen molar-refractivity contribution in [2.24, 2.45) is 5.41 Å². The second kappa shape index (κ2) is 12.3. The fourth-order valence-corrected chi connectivity index (χ4v) is 5.17. The van der Waals surface area contributed by atoms with Crippen LogP contribution in [0.4, 0.5) is 5.13 Å². The van der Waals surface area contributed by atoms with Crippen LogP contribution < -0.4 is 10.1 Å². The first kappa shape index (κ1) is 29.6. The van der Waals surface area contributed by atoms with Crippen molar-refractivity contribution in [1.82, 2.24) is 4.98 Å². The van der Waals surface area contributed by atoms with Gasteiger partial charge in [-0.3, -0.25) is 10.1 Å². The molecule has 1 atom stereocenters. The number of ether oxygens (including phenoxy) is 2. The maximum atomic E-state index is 12.9. The molecule has 0 spiro atoms. The van der Waals surface area contributed by atoms with Gasteiger partial charge in [-0.05, 0) is 43.0 Å². The Hall–Kier alpha value is -2.91. The second-order valence-corrected chi connectivity index (χ2v) is 11.6. The third-order valence-electron chi connectivity index (χ3n) is 5.72. The highest BCUT2D eigenvalue weighted by atomic mass is 35.5. The molecule has 0 saturated carbocycles. The van der Waals surface area contributed by atoms with E-state index in [2.05, 4.69) is 31.1 Å². The Kier molecular flexibility index (Phi) is 9.59. The standard InChI is InChI=1S/C28H30Cl2N2O5S/c1-15(26(34)35)10-19-20(29)11-16(12-21(19)30)25(33)32-27-31-22(14-38-27)17-8-7-9-18(24(17)37-6)23(36-5)13-28(2,3)4/h7-12,14,23H,13H2,1-6H3,(H,34,35)(H,31,32,33). The number of aliphatic carboxylic acids is 1. The Morgan fingerprint density at radius 2 is 1.84 bits per heavy atom. The number of nitrogens with one attached hydrogen (secondary N) is 1. The van der Waals surface area contributed by atoms with E-state index in [0.29, 0.717) is 22.1 Å². The molecule has 0 aliphatic heterocycles. The number of rotatable bonds is 9. The Bertz CT molecular complexity index is 1350. The van der Waals surface area contributed by atoms with Crippen LogP contribution in [0.2, 0.25) is 10.0 Å². The summed E-state index contributed by atoms with van der Waals surface area (Å²) in [6.07, 6.45) is 2.00. The number of amides is 1. The molecule has 1 aromatic heterocycles. The predicted octanol–water partition coefficient (Wildman–Crippen LogP) is 7.99. The van der Waals surface area contributed by atoms with Gasteiger partial charge in [0.15, 0.2) is 5.13 Å². The van der Waals surface area contributed by atoms with E-state index >= 15 is 0 Å². The molecule has 1 unspecified atom stereocenters. The molecule has 7 nitrogen and oxygen atoms in total. The number of hydrogen-bond donors (Lipinski definition) is 2. The van der Waals surface area contributed by atoms with Crippen molar-refractivity contribution in [3.05, 3.63) is 68.0 Å². The number of aromatic nitrogens is 1. The number of carboxylic acids is 1. The highest BCUT2D eigenvalue weighted by Crippen LogP contribution is 2.41. The number of carboxylic acid groups (broad SMARTS) is 1. The number of carbonyl (C=O) groups is 2. The zero-order valence-corrected chi connectivity index (χ0v) is 24.3.